The number of carbonyl (C=O) groups is 1. The number of anilines is 1. The van der Waals surface area contributed by atoms with Crippen LogP contribution in [0, 0.1) is 13.8 Å². The van der Waals surface area contributed by atoms with Crippen LogP contribution < -0.4 is 5.73 Å². The summed E-state index contributed by atoms with van der Waals surface area (Å²) >= 11 is 0. The number of pyridine rings is 1. The van der Waals surface area contributed by atoms with E-state index in [9.17, 15) is 4.79 Å². The lowest BCUT2D eigenvalue weighted by Gasteiger charge is -2.40. The van der Waals surface area contributed by atoms with Gasteiger partial charge in [-0.2, -0.15) is 0 Å². The van der Waals surface area contributed by atoms with Crippen LogP contribution in [-0.4, -0.2) is 38.8 Å². The first-order valence-corrected chi connectivity index (χ1v) is 10.2. The first-order valence-electron chi connectivity index (χ1n) is 10.2. The predicted octanol–water partition coefficient (Wildman–Crippen LogP) is 3.34. The van der Waals surface area contributed by atoms with Crippen LogP contribution in [0.3, 0.4) is 0 Å². The number of likely N-dealkylation sites (tertiary alicyclic amines) is 1. The molecule has 1 aromatic carbocycles. The van der Waals surface area contributed by atoms with Crippen molar-refractivity contribution in [1.82, 2.24) is 19.9 Å². The van der Waals surface area contributed by atoms with Gasteiger partial charge in [0.2, 0.25) is 5.95 Å². The fraction of sp³-hybridized carbons (Fsp3) is 0.391. The molecule has 2 aromatic heterocycles. The van der Waals surface area contributed by atoms with E-state index in [1.165, 1.54) is 5.56 Å². The third-order valence-electron chi connectivity index (χ3n) is 6.59. The van der Waals surface area contributed by atoms with E-state index in [-0.39, 0.29) is 11.3 Å². The number of piperidine rings is 1. The second-order valence-electron chi connectivity index (χ2n) is 8.48. The number of rotatable bonds is 1. The lowest BCUT2D eigenvalue weighted by atomic mass is 9.77. The molecule has 2 aliphatic rings. The zero-order valence-electron chi connectivity index (χ0n) is 16.9. The van der Waals surface area contributed by atoms with Crippen LogP contribution in [0.5, 0.6) is 0 Å². The largest absolute Gasteiger partial charge is 0.368 e. The van der Waals surface area contributed by atoms with Gasteiger partial charge < -0.3 is 10.6 Å². The third-order valence-corrected chi connectivity index (χ3v) is 6.59. The summed E-state index contributed by atoms with van der Waals surface area (Å²) in [7, 11) is 0. The number of amides is 1. The number of para-hydroxylation sites is 1. The maximum absolute atomic E-state index is 13.5. The summed E-state index contributed by atoms with van der Waals surface area (Å²) in [5.41, 5.74) is 11.6. The average molecular weight is 387 g/mol. The molecule has 3 aromatic rings. The van der Waals surface area contributed by atoms with Crippen molar-refractivity contribution in [3.05, 3.63) is 58.5 Å². The fourth-order valence-electron chi connectivity index (χ4n) is 5.08. The molecular weight excluding hydrogens is 362 g/mol. The Hall–Kier alpha value is -3.02. The molecule has 1 spiro atoms. The van der Waals surface area contributed by atoms with Gasteiger partial charge in [-0.05, 0) is 56.7 Å². The van der Waals surface area contributed by atoms with Gasteiger partial charge in [-0.1, -0.05) is 18.2 Å². The summed E-state index contributed by atoms with van der Waals surface area (Å²) in [4.78, 5) is 29.0. The number of nitrogens with zero attached hydrogens (tertiary/aromatic N) is 4. The number of hydrogen-bond acceptors (Lipinski definition) is 5. The van der Waals surface area contributed by atoms with Crippen LogP contribution in [0.1, 0.15) is 52.1 Å². The number of nitrogen functional groups attached to an aromatic ring is 1. The molecular formula is C23H25N5O. The number of benzene rings is 1. The van der Waals surface area contributed by atoms with Crippen molar-refractivity contribution in [2.75, 3.05) is 18.8 Å². The van der Waals surface area contributed by atoms with Gasteiger partial charge >= 0.3 is 0 Å². The highest BCUT2D eigenvalue weighted by Crippen LogP contribution is 2.44. The molecule has 0 radical (unpaired) electrons. The SMILES string of the molecule is Cc1nc2c(C)cccc2cc1C(=O)N1CCCC2(CCc3cnc(N)nc32)C1. The fourth-order valence-corrected chi connectivity index (χ4v) is 5.08. The lowest BCUT2D eigenvalue weighted by molar-refractivity contribution is 0.0632. The van der Waals surface area contributed by atoms with Crippen molar-refractivity contribution in [2.24, 2.45) is 0 Å². The van der Waals surface area contributed by atoms with E-state index in [4.69, 9.17) is 10.7 Å². The number of hydrogen-bond donors (Lipinski definition) is 1. The second kappa shape index (κ2) is 6.51. The number of aryl methyl sites for hydroxylation is 3. The zero-order valence-corrected chi connectivity index (χ0v) is 16.9. The first kappa shape index (κ1) is 18.0. The van der Waals surface area contributed by atoms with Crippen LogP contribution >= 0.6 is 0 Å². The molecule has 1 saturated heterocycles. The van der Waals surface area contributed by atoms with E-state index >= 15 is 0 Å². The molecule has 1 aliphatic heterocycles. The molecule has 0 saturated carbocycles. The Morgan fingerprint density at radius 3 is 2.93 bits per heavy atom. The second-order valence-corrected chi connectivity index (χ2v) is 8.48. The maximum Gasteiger partial charge on any atom is 0.255 e. The molecule has 148 valence electrons. The molecule has 1 atom stereocenters. The molecule has 1 fully saturated rings. The normalized spacial score (nSPS) is 21.0. The van der Waals surface area contributed by atoms with Crippen molar-refractivity contribution >= 4 is 22.8 Å². The van der Waals surface area contributed by atoms with Crippen LogP contribution in [0.4, 0.5) is 5.95 Å². The van der Waals surface area contributed by atoms with Crippen LogP contribution in [0.25, 0.3) is 10.9 Å². The van der Waals surface area contributed by atoms with E-state index in [2.05, 4.69) is 23.0 Å². The summed E-state index contributed by atoms with van der Waals surface area (Å²) in [6.45, 7) is 5.43. The quantitative estimate of drug-likeness (QED) is 0.692. The lowest BCUT2D eigenvalue weighted by Crippen LogP contribution is -2.48. The van der Waals surface area contributed by atoms with Crippen LogP contribution in [0.2, 0.25) is 0 Å². The van der Waals surface area contributed by atoms with Gasteiger partial charge in [0.15, 0.2) is 0 Å². The van der Waals surface area contributed by atoms with Crippen molar-refractivity contribution < 1.29 is 4.79 Å². The van der Waals surface area contributed by atoms with Gasteiger partial charge in [-0.3, -0.25) is 9.78 Å². The maximum atomic E-state index is 13.5. The number of carbonyl (C=O) groups excluding carboxylic acids is 1. The van der Waals surface area contributed by atoms with E-state index in [1.54, 1.807) is 0 Å². The highest BCUT2D eigenvalue weighted by atomic mass is 16.2. The van der Waals surface area contributed by atoms with Gasteiger partial charge in [0.1, 0.15) is 0 Å². The Bertz CT molecular complexity index is 1140. The molecule has 6 nitrogen and oxygen atoms in total. The van der Waals surface area contributed by atoms with Gasteiger partial charge in [0, 0.05) is 30.1 Å². The van der Waals surface area contributed by atoms with Crippen LogP contribution in [-0.2, 0) is 11.8 Å². The Kier molecular flexibility index (Phi) is 4.05. The molecule has 1 amide bonds. The molecule has 29 heavy (non-hydrogen) atoms. The monoisotopic (exact) mass is 387 g/mol. The van der Waals surface area contributed by atoms with Crippen molar-refractivity contribution in [1.29, 1.82) is 0 Å². The summed E-state index contributed by atoms with van der Waals surface area (Å²) in [5, 5.41) is 1.01. The molecule has 0 bridgehead atoms. The molecule has 1 unspecified atom stereocenters. The standard InChI is InChI=1S/C23H25N5O/c1-14-5-3-6-16-11-18(15(2)26-19(14)16)21(29)28-10-4-8-23(13-28)9-7-17-12-25-22(24)27-20(17)23/h3,5-6,11-12H,4,7-10,13H2,1-2H3,(H2,24,25,27). The summed E-state index contributed by atoms with van der Waals surface area (Å²) in [5.74, 6) is 0.381. The summed E-state index contributed by atoms with van der Waals surface area (Å²) in [6.07, 6.45) is 5.81. The molecule has 3 heterocycles. The average Bonchev–Trinajstić information content (AvgIpc) is 3.05. The highest BCUT2D eigenvalue weighted by molar-refractivity contribution is 5.99. The minimum absolute atomic E-state index is 0.0629. The summed E-state index contributed by atoms with van der Waals surface area (Å²) in [6, 6.07) is 8.08. The minimum atomic E-state index is -0.102. The van der Waals surface area contributed by atoms with E-state index < -0.39 is 0 Å². The Labute approximate surface area is 170 Å². The third kappa shape index (κ3) is 2.85. The molecule has 6 heteroatoms. The Morgan fingerprint density at radius 2 is 2.07 bits per heavy atom. The topological polar surface area (TPSA) is 85.0 Å². The number of fused-ring (bicyclic) bond motifs is 3. The Morgan fingerprint density at radius 1 is 1.21 bits per heavy atom. The molecule has 1 aliphatic carbocycles. The highest BCUT2D eigenvalue weighted by Gasteiger charge is 2.45. The first-order chi connectivity index (χ1) is 14.0. The van der Waals surface area contributed by atoms with Crippen LogP contribution in [0.15, 0.2) is 30.5 Å². The Balaban J connectivity index is 1.50. The van der Waals surface area contributed by atoms with Gasteiger partial charge in [0.05, 0.1) is 22.5 Å². The van der Waals surface area contributed by atoms with E-state index in [0.29, 0.717) is 18.1 Å². The number of aromatic nitrogens is 3. The molecule has 5 rings (SSSR count). The predicted molar refractivity (Wildman–Crippen MR) is 113 cm³/mol. The van der Waals surface area contributed by atoms with Crippen molar-refractivity contribution in [3.8, 4) is 0 Å². The van der Waals surface area contributed by atoms with E-state index in [1.807, 2.05) is 36.2 Å². The zero-order chi connectivity index (χ0) is 20.2. The number of nitrogens with two attached hydrogens (primary N) is 1. The van der Waals surface area contributed by atoms with Gasteiger partial charge in [0.25, 0.3) is 5.91 Å². The van der Waals surface area contributed by atoms with Crippen molar-refractivity contribution in [3.63, 3.8) is 0 Å². The summed E-state index contributed by atoms with van der Waals surface area (Å²) < 4.78 is 0. The smallest absolute Gasteiger partial charge is 0.255 e. The van der Waals surface area contributed by atoms with Gasteiger partial charge in [-0.25, -0.2) is 9.97 Å². The molecule has 2 N–H and O–H groups in total. The minimum Gasteiger partial charge on any atom is -0.368 e. The van der Waals surface area contributed by atoms with E-state index in [0.717, 1.165) is 60.1 Å². The van der Waals surface area contributed by atoms with Gasteiger partial charge in [-0.15, -0.1) is 0 Å². The van der Waals surface area contributed by atoms with Crippen molar-refractivity contribution in [2.45, 2.75) is 44.9 Å².